The van der Waals surface area contributed by atoms with Gasteiger partial charge >= 0.3 is 5.97 Å². The Bertz CT molecular complexity index is 564. The van der Waals surface area contributed by atoms with Crippen LogP contribution in [0.3, 0.4) is 0 Å². The molecule has 94 valence electrons. The molecule has 1 N–H and O–H groups in total. The third-order valence-corrected chi connectivity index (χ3v) is 4.78. The van der Waals surface area contributed by atoms with Crippen molar-refractivity contribution in [3.05, 3.63) is 29.8 Å². The van der Waals surface area contributed by atoms with Crippen molar-refractivity contribution in [2.24, 2.45) is 0 Å². The Hall–Kier alpha value is -1.50. The summed E-state index contributed by atoms with van der Waals surface area (Å²) in [6.45, 7) is 1.96. The molecule has 1 aromatic carbocycles. The molecule has 0 fully saturated rings. The van der Waals surface area contributed by atoms with Gasteiger partial charge in [-0.25, -0.2) is 17.2 Å². The van der Waals surface area contributed by atoms with Gasteiger partial charge in [0.2, 0.25) is 0 Å². The zero-order valence-electron chi connectivity index (χ0n) is 9.07. The van der Waals surface area contributed by atoms with E-state index in [1.807, 2.05) is 0 Å². The van der Waals surface area contributed by atoms with Crippen molar-refractivity contribution in [1.29, 1.82) is 0 Å². The van der Waals surface area contributed by atoms with Gasteiger partial charge < -0.3 is 5.11 Å². The van der Waals surface area contributed by atoms with Gasteiger partial charge in [-0.05, 0) is 32.0 Å². The first kappa shape index (κ1) is 13.6. The van der Waals surface area contributed by atoms with Gasteiger partial charge in [-0.1, -0.05) is 0 Å². The van der Waals surface area contributed by atoms with Crippen molar-refractivity contribution in [1.82, 2.24) is 0 Å². The summed E-state index contributed by atoms with van der Waals surface area (Å²) in [5.41, 5.74) is 0. The van der Waals surface area contributed by atoms with Crippen LogP contribution in [0.5, 0.6) is 0 Å². The van der Waals surface area contributed by atoms with E-state index in [1.165, 1.54) is 0 Å². The number of hydrogen-bond donors (Lipinski definition) is 1. The molecule has 0 spiro atoms. The number of aliphatic carboxylic acids is 1. The zero-order chi connectivity index (χ0) is 13.4. The fourth-order valence-electron chi connectivity index (χ4n) is 1.05. The number of benzene rings is 1. The largest absolute Gasteiger partial charge is 0.480 e. The Labute approximate surface area is 96.8 Å². The number of rotatable bonds is 3. The van der Waals surface area contributed by atoms with Crippen LogP contribution in [0.4, 0.5) is 8.78 Å². The standard InChI is InChI=1S/C10H10F2O4S/c1-10(2,9(13)14)17(15,16)6-3-4-7(11)8(12)5-6/h3-5H,1-2H3,(H,13,14). The highest BCUT2D eigenvalue weighted by atomic mass is 32.2. The summed E-state index contributed by atoms with van der Waals surface area (Å²) in [6.07, 6.45) is 0. The van der Waals surface area contributed by atoms with E-state index in [9.17, 15) is 22.0 Å². The normalized spacial score (nSPS) is 12.5. The second-order valence-electron chi connectivity index (χ2n) is 3.89. The quantitative estimate of drug-likeness (QED) is 0.842. The van der Waals surface area contributed by atoms with Gasteiger partial charge in [0, 0.05) is 0 Å². The third kappa shape index (κ3) is 2.14. The number of halogens is 2. The van der Waals surface area contributed by atoms with Crippen LogP contribution in [0.2, 0.25) is 0 Å². The molecule has 0 radical (unpaired) electrons. The molecule has 0 aliphatic heterocycles. The topological polar surface area (TPSA) is 71.4 Å². The van der Waals surface area contributed by atoms with Gasteiger partial charge in [-0.2, -0.15) is 0 Å². The fourth-order valence-corrected chi connectivity index (χ4v) is 2.38. The lowest BCUT2D eigenvalue weighted by Crippen LogP contribution is -2.40. The Morgan fingerprint density at radius 1 is 1.24 bits per heavy atom. The number of sulfone groups is 1. The summed E-state index contributed by atoms with van der Waals surface area (Å²) < 4.78 is 47.2. The fraction of sp³-hybridized carbons (Fsp3) is 0.300. The third-order valence-electron chi connectivity index (χ3n) is 2.39. The molecule has 0 aliphatic carbocycles. The molecule has 1 rings (SSSR count). The maximum absolute atomic E-state index is 12.9. The van der Waals surface area contributed by atoms with Crippen molar-refractivity contribution in [2.75, 3.05) is 0 Å². The maximum Gasteiger partial charge on any atom is 0.324 e. The van der Waals surface area contributed by atoms with Crippen molar-refractivity contribution in [2.45, 2.75) is 23.5 Å². The molecule has 17 heavy (non-hydrogen) atoms. The summed E-state index contributed by atoms with van der Waals surface area (Å²) in [4.78, 5) is 10.3. The van der Waals surface area contributed by atoms with E-state index in [0.717, 1.165) is 19.9 Å². The van der Waals surface area contributed by atoms with E-state index in [4.69, 9.17) is 5.11 Å². The molecule has 0 bridgehead atoms. The first-order valence-electron chi connectivity index (χ1n) is 4.54. The highest BCUT2D eigenvalue weighted by Crippen LogP contribution is 2.26. The predicted octanol–water partition coefficient (Wildman–Crippen LogP) is 1.60. The summed E-state index contributed by atoms with van der Waals surface area (Å²) in [6, 6.07) is 1.94. The lowest BCUT2D eigenvalue weighted by molar-refractivity contribution is -0.139. The summed E-state index contributed by atoms with van der Waals surface area (Å²) in [7, 11) is -4.28. The second-order valence-corrected chi connectivity index (χ2v) is 6.39. The Morgan fingerprint density at radius 2 is 1.76 bits per heavy atom. The van der Waals surface area contributed by atoms with Crippen molar-refractivity contribution in [3.8, 4) is 0 Å². The van der Waals surface area contributed by atoms with Crippen LogP contribution < -0.4 is 0 Å². The molecule has 0 aromatic heterocycles. The van der Waals surface area contributed by atoms with Gasteiger partial charge in [0.15, 0.2) is 26.2 Å². The van der Waals surface area contributed by atoms with Crippen LogP contribution in [0.1, 0.15) is 13.8 Å². The monoisotopic (exact) mass is 264 g/mol. The van der Waals surface area contributed by atoms with E-state index in [-0.39, 0.29) is 0 Å². The van der Waals surface area contributed by atoms with E-state index >= 15 is 0 Å². The molecule has 0 aliphatic rings. The van der Waals surface area contributed by atoms with Crippen molar-refractivity contribution < 1.29 is 27.1 Å². The lowest BCUT2D eigenvalue weighted by atomic mass is 10.2. The number of hydrogen-bond acceptors (Lipinski definition) is 3. The van der Waals surface area contributed by atoms with Crippen LogP contribution in [0.25, 0.3) is 0 Å². The van der Waals surface area contributed by atoms with Crippen LogP contribution in [-0.4, -0.2) is 24.2 Å². The summed E-state index contributed by atoms with van der Waals surface area (Å²) in [5.74, 6) is -4.11. The molecule has 0 amide bonds. The molecule has 0 saturated carbocycles. The average molecular weight is 264 g/mol. The van der Waals surface area contributed by atoms with Gasteiger partial charge in [0.1, 0.15) is 0 Å². The minimum Gasteiger partial charge on any atom is -0.480 e. The smallest absolute Gasteiger partial charge is 0.324 e. The SMILES string of the molecule is CC(C)(C(=O)O)S(=O)(=O)c1ccc(F)c(F)c1. The molecular weight excluding hydrogens is 254 g/mol. The predicted molar refractivity (Wildman–Crippen MR) is 55.3 cm³/mol. The van der Waals surface area contributed by atoms with Crippen molar-refractivity contribution >= 4 is 15.8 Å². The van der Waals surface area contributed by atoms with Crippen LogP contribution in [-0.2, 0) is 14.6 Å². The Morgan fingerprint density at radius 3 is 2.18 bits per heavy atom. The number of carboxylic acid groups (broad SMARTS) is 1. The van der Waals surface area contributed by atoms with Crippen LogP contribution in [0, 0.1) is 11.6 Å². The van der Waals surface area contributed by atoms with E-state index in [0.29, 0.717) is 12.1 Å². The lowest BCUT2D eigenvalue weighted by Gasteiger charge is -2.19. The van der Waals surface area contributed by atoms with Gasteiger partial charge in [0.05, 0.1) is 4.90 Å². The van der Waals surface area contributed by atoms with Gasteiger partial charge in [-0.3, -0.25) is 4.79 Å². The number of carboxylic acids is 1. The van der Waals surface area contributed by atoms with E-state index < -0.39 is 37.1 Å². The molecule has 0 heterocycles. The molecular formula is C10H10F2O4S. The molecule has 4 nitrogen and oxygen atoms in total. The highest BCUT2D eigenvalue weighted by Gasteiger charge is 2.43. The Kier molecular flexibility index (Phi) is 3.24. The van der Waals surface area contributed by atoms with Gasteiger partial charge in [0.25, 0.3) is 0 Å². The second kappa shape index (κ2) is 4.06. The molecule has 0 atom stereocenters. The average Bonchev–Trinajstić information content (AvgIpc) is 2.21. The first-order valence-corrected chi connectivity index (χ1v) is 6.02. The zero-order valence-corrected chi connectivity index (χ0v) is 9.88. The maximum atomic E-state index is 12.9. The van der Waals surface area contributed by atoms with Crippen molar-refractivity contribution in [3.63, 3.8) is 0 Å². The van der Waals surface area contributed by atoms with Crippen LogP contribution in [0.15, 0.2) is 23.1 Å². The summed E-state index contributed by atoms with van der Waals surface area (Å²) in [5, 5.41) is 8.82. The highest BCUT2D eigenvalue weighted by molar-refractivity contribution is 7.93. The molecule has 1 aromatic rings. The van der Waals surface area contributed by atoms with E-state index in [2.05, 4.69) is 0 Å². The van der Waals surface area contributed by atoms with Gasteiger partial charge in [-0.15, -0.1) is 0 Å². The first-order chi connectivity index (χ1) is 7.60. The number of carbonyl (C=O) groups is 1. The van der Waals surface area contributed by atoms with E-state index in [1.54, 1.807) is 0 Å². The molecule has 0 saturated heterocycles. The minimum absolute atomic E-state index is 0.468. The van der Waals surface area contributed by atoms with Crippen LogP contribution >= 0.6 is 0 Å². The molecule has 7 heteroatoms. The molecule has 0 unspecified atom stereocenters. The summed E-state index contributed by atoms with van der Waals surface area (Å²) >= 11 is 0. The Balaban J connectivity index is 3.42. The minimum atomic E-state index is -4.28.